The average molecular weight is 307 g/mol. The first-order valence-corrected chi connectivity index (χ1v) is 7.23. The molecule has 0 aromatic heterocycles. The standard InChI is InChI=1S/C16H16BrF/c1-16(2)9-13(16)15(17)12-7-8-14(18)11-6-4-3-5-10(11)12/h3-8,13,15H,9H2,1-2H3. The molecular formula is C16H16BrF. The van der Waals surface area contributed by atoms with Crippen molar-refractivity contribution in [3.8, 4) is 0 Å². The van der Waals surface area contributed by atoms with Gasteiger partial charge < -0.3 is 0 Å². The van der Waals surface area contributed by atoms with Crippen molar-refractivity contribution in [2.75, 3.05) is 0 Å². The molecule has 94 valence electrons. The van der Waals surface area contributed by atoms with Gasteiger partial charge in [0.15, 0.2) is 0 Å². The van der Waals surface area contributed by atoms with Crippen LogP contribution in [0.1, 0.15) is 30.7 Å². The van der Waals surface area contributed by atoms with Crippen LogP contribution < -0.4 is 0 Å². The lowest BCUT2D eigenvalue weighted by Gasteiger charge is -2.15. The van der Waals surface area contributed by atoms with Gasteiger partial charge in [-0.1, -0.05) is 60.1 Å². The fourth-order valence-electron chi connectivity index (χ4n) is 2.75. The molecule has 2 heteroatoms. The molecule has 0 heterocycles. The Morgan fingerprint density at radius 2 is 1.78 bits per heavy atom. The van der Waals surface area contributed by atoms with E-state index in [1.165, 1.54) is 12.0 Å². The molecule has 1 fully saturated rings. The fourth-order valence-corrected chi connectivity index (χ4v) is 4.05. The quantitative estimate of drug-likeness (QED) is 0.646. The number of benzene rings is 2. The highest BCUT2D eigenvalue weighted by molar-refractivity contribution is 9.09. The smallest absolute Gasteiger partial charge is 0.131 e. The van der Waals surface area contributed by atoms with Gasteiger partial charge in [0.2, 0.25) is 0 Å². The van der Waals surface area contributed by atoms with E-state index in [0.29, 0.717) is 16.2 Å². The lowest BCUT2D eigenvalue weighted by Crippen LogP contribution is -2.00. The van der Waals surface area contributed by atoms with Crippen LogP contribution in [0.4, 0.5) is 4.39 Å². The van der Waals surface area contributed by atoms with Crippen LogP contribution in [-0.2, 0) is 0 Å². The minimum Gasteiger partial charge on any atom is -0.206 e. The van der Waals surface area contributed by atoms with Gasteiger partial charge in [0.25, 0.3) is 0 Å². The van der Waals surface area contributed by atoms with E-state index in [-0.39, 0.29) is 5.82 Å². The van der Waals surface area contributed by atoms with Crippen molar-refractivity contribution >= 4 is 26.7 Å². The number of rotatable bonds is 2. The summed E-state index contributed by atoms with van der Waals surface area (Å²) in [6.45, 7) is 4.58. The van der Waals surface area contributed by atoms with E-state index < -0.39 is 0 Å². The zero-order valence-corrected chi connectivity index (χ0v) is 12.2. The van der Waals surface area contributed by atoms with Gasteiger partial charge in [-0.2, -0.15) is 0 Å². The Kier molecular flexibility index (Phi) is 2.74. The van der Waals surface area contributed by atoms with Gasteiger partial charge in [-0.05, 0) is 34.8 Å². The van der Waals surface area contributed by atoms with E-state index in [1.807, 2.05) is 30.3 Å². The summed E-state index contributed by atoms with van der Waals surface area (Å²) >= 11 is 3.81. The Balaban J connectivity index is 2.10. The second kappa shape index (κ2) is 4.06. The number of hydrogen-bond acceptors (Lipinski definition) is 0. The van der Waals surface area contributed by atoms with Crippen molar-refractivity contribution in [1.82, 2.24) is 0 Å². The zero-order chi connectivity index (χ0) is 12.9. The minimum absolute atomic E-state index is 0.135. The Hall–Kier alpha value is -0.890. The summed E-state index contributed by atoms with van der Waals surface area (Å²) in [5.74, 6) is 0.510. The van der Waals surface area contributed by atoms with Crippen molar-refractivity contribution in [3.05, 3.63) is 47.8 Å². The van der Waals surface area contributed by atoms with Gasteiger partial charge in [-0.3, -0.25) is 0 Å². The highest BCUT2D eigenvalue weighted by atomic mass is 79.9. The summed E-state index contributed by atoms with van der Waals surface area (Å²) in [6, 6.07) is 11.2. The molecule has 0 N–H and O–H groups in total. The molecule has 2 aromatic rings. The third-order valence-electron chi connectivity index (χ3n) is 4.14. The summed E-state index contributed by atoms with van der Waals surface area (Å²) in [7, 11) is 0. The molecule has 0 saturated heterocycles. The van der Waals surface area contributed by atoms with Gasteiger partial charge in [0.05, 0.1) is 0 Å². The molecule has 1 saturated carbocycles. The van der Waals surface area contributed by atoms with Crippen LogP contribution in [0.15, 0.2) is 36.4 Å². The normalized spacial score (nSPS) is 23.0. The molecule has 3 rings (SSSR count). The monoisotopic (exact) mass is 306 g/mol. The predicted octanol–water partition coefficient (Wildman–Crippen LogP) is 5.46. The largest absolute Gasteiger partial charge is 0.206 e. The van der Waals surface area contributed by atoms with Gasteiger partial charge in [0, 0.05) is 10.2 Å². The molecule has 0 spiro atoms. The molecule has 1 aliphatic carbocycles. The van der Waals surface area contributed by atoms with Crippen molar-refractivity contribution in [2.45, 2.75) is 25.1 Å². The molecule has 2 atom stereocenters. The Morgan fingerprint density at radius 3 is 2.39 bits per heavy atom. The fraction of sp³-hybridized carbons (Fsp3) is 0.375. The lowest BCUT2D eigenvalue weighted by atomic mass is 9.97. The predicted molar refractivity (Wildman–Crippen MR) is 77.5 cm³/mol. The van der Waals surface area contributed by atoms with Crippen LogP contribution in [0.25, 0.3) is 10.8 Å². The number of alkyl halides is 1. The van der Waals surface area contributed by atoms with Crippen LogP contribution in [0, 0.1) is 17.2 Å². The van der Waals surface area contributed by atoms with Gasteiger partial charge in [-0.25, -0.2) is 4.39 Å². The third-order valence-corrected chi connectivity index (χ3v) is 5.28. The van der Waals surface area contributed by atoms with E-state index in [9.17, 15) is 4.39 Å². The van der Waals surface area contributed by atoms with E-state index in [2.05, 4.69) is 29.8 Å². The van der Waals surface area contributed by atoms with Crippen molar-refractivity contribution in [3.63, 3.8) is 0 Å². The third kappa shape index (κ3) is 1.87. The lowest BCUT2D eigenvalue weighted by molar-refractivity contribution is 0.556. The molecule has 0 bridgehead atoms. The van der Waals surface area contributed by atoms with E-state index in [1.54, 1.807) is 6.07 Å². The van der Waals surface area contributed by atoms with Crippen LogP contribution >= 0.6 is 15.9 Å². The topological polar surface area (TPSA) is 0 Å². The first-order valence-electron chi connectivity index (χ1n) is 6.32. The second-order valence-electron chi connectivity index (χ2n) is 5.88. The Morgan fingerprint density at radius 1 is 1.17 bits per heavy atom. The van der Waals surface area contributed by atoms with Gasteiger partial charge >= 0.3 is 0 Å². The Labute approximate surface area is 115 Å². The molecule has 0 radical (unpaired) electrons. The molecule has 18 heavy (non-hydrogen) atoms. The van der Waals surface area contributed by atoms with E-state index >= 15 is 0 Å². The molecule has 1 aliphatic rings. The summed E-state index contributed by atoms with van der Waals surface area (Å²) in [4.78, 5) is 0.318. The van der Waals surface area contributed by atoms with Crippen molar-refractivity contribution in [1.29, 1.82) is 0 Å². The molecule has 0 aliphatic heterocycles. The molecule has 2 aromatic carbocycles. The average Bonchev–Trinajstić information content (AvgIpc) is 2.99. The minimum atomic E-state index is -0.135. The number of halogens is 2. The van der Waals surface area contributed by atoms with Crippen molar-refractivity contribution < 1.29 is 4.39 Å². The van der Waals surface area contributed by atoms with Crippen LogP contribution in [0.5, 0.6) is 0 Å². The van der Waals surface area contributed by atoms with Gasteiger partial charge in [-0.15, -0.1) is 0 Å². The first-order chi connectivity index (χ1) is 8.50. The molecular weight excluding hydrogens is 291 g/mol. The second-order valence-corrected chi connectivity index (χ2v) is 6.87. The highest BCUT2D eigenvalue weighted by Crippen LogP contribution is 2.61. The van der Waals surface area contributed by atoms with Crippen LogP contribution in [0.3, 0.4) is 0 Å². The Bertz CT molecular complexity index is 603. The van der Waals surface area contributed by atoms with E-state index in [0.717, 1.165) is 10.8 Å². The summed E-state index contributed by atoms with van der Waals surface area (Å²) < 4.78 is 13.8. The number of hydrogen-bond donors (Lipinski definition) is 0. The first kappa shape index (κ1) is 12.2. The molecule has 2 unspecified atom stereocenters. The summed E-state index contributed by atoms with van der Waals surface area (Å²) in [6.07, 6.45) is 1.23. The van der Waals surface area contributed by atoms with Crippen LogP contribution in [-0.4, -0.2) is 0 Å². The SMILES string of the molecule is CC1(C)CC1C(Br)c1ccc(F)c2ccccc12. The van der Waals surface area contributed by atoms with Gasteiger partial charge in [0.1, 0.15) is 5.82 Å². The highest BCUT2D eigenvalue weighted by Gasteiger charge is 2.49. The zero-order valence-electron chi connectivity index (χ0n) is 10.6. The summed E-state index contributed by atoms with van der Waals surface area (Å²) in [5, 5.41) is 1.75. The maximum Gasteiger partial charge on any atom is 0.131 e. The molecule has 0 nitrogen and oxygen atoms in total. The summed E-state index contributed by atoms with van der Waals surface area (Å²) in [5.41, 5.74) is 1.62. The molecule has 0 amide bonds. The number of fused-ring (bicyclic) bond motifs is 1. The maximum absolute atomic E-state index is 13.8. The maximum atomic E-state index is 13.8. The van der Waals surface area contributed by atoms with Crippen LogP contribution in [0.2, 0.25) is 0 Å². The van der Waals surface area contributed by atoms with E-state index in [4.69, 9.17) is 0 Å². The van der Waals surface area contributed by atoms with Crippen molar-refractivity contribution in [2.24, 2.45) is 11.3 Å².